The molecule has 0 saturated heterocycles. The van der Waals surface area contributed by atoms with E-state index in [9.17, 15) is 14.0 Å². The molecule has 1 atom stereocenters. The normalized spacial score (nSPS) is 12.7. The number of carbonyl (C=O) groups excluding carboxylic acids is 2. The quantitative estimate of drug-likeness (QED) is 0.856. The van der Waals surface area contributed by atoms with Gasteiger partial charge in [0, 0.05) is 10.0 Å². The first-order valence-corrected chi connectivity index (χ1v) is 6.87. The van der Waals surface area contributed by atoms with Crippen LogP contribution in [-0.2, 0) is 9.53 Å². The Morgan fingerprint density at radius 1 is 1.35 bits per heavy atom. The molecule has 1 N–H and O–H groups in total. The summed E-state index contributed by atoms with van der Waals surface area (Å²) >= 11 is 3.14. The highest BCUT2D eigenvalue weighted by Gasteiger charge is 2.23. The first-order valence-electron chi connectivity index (χ1n) is 6.08. The molecule has 20 heavy (non-hydrogen) atoms. The van der Waals surface area contributed by atoms with Crippen LogP contribution in [0.2, 0.25) is 0 Å². The molecule has 6 heteroatoms. The van der Waals surface area contributed by atoms with Crippen molar-refractivity contribution in [2.75, 3.05) is 0 Å². The van der Waals surface area contributed by atoms with E-state index in [2.05, 4.69) is 21.2 Å². The molecule has 4 nitrogen and oxygen atoms in total. The van der Waals surface area contributed by atoms with Crippen LogP contribution in [-0.4, -0.2) is 23.5 Å². The fourth-order valence-electron chi connectivity index (χ4n) is 1.40. The van der Waals surface area contributed by atoms with Crippen molar-refractivity contribution in [2.24, 2.45) is 0 Å². The van der Waals surface area contributed by atoms with Crippen molar-refractivity contribution >= 4 is 27.8 Å². The molecule has 0 aliphatic carbocycles. The van der Waals surface area contributed by atoms with Crippen LogP contribution in [0.25, 0.3) is 0 Å². The van der Waals surface area contributed by atoms with E-state index in [0.29, 0.717) is 4.47 Å². The second kappa shape index (κ2) is 6.35. The van der Waals surface area contributed by atoms with E-state index in [1.807, 2.05) is 20.8 Å². The average molecular weight is 346 g/mol. The Hall–Kier alpha value is -1.43. The Morgan fingerprint density at radius 3 is 2.50 bits per heavy atom. The number of ether oxygens (including phenoxy) is 1. The second-order valence-electron chi connectivity index (χ2n) is 5.41. The van der Waals surface area contributed by atoms with Crippen LogP contribution in [0.15, 0.2) is 22.7 Å². The van der Waals surface area contributed by atoms with Gasteiger partial charge in [-0.2, -0.15) is 0 Å². The van der Waals surface area contributed by atoms with Gasteiger partial charge in [0.1, 0.15) is 5.82 Å². The molecule has 0 spiro atoms. The van der Waals surface area contributed by atoms with Crippen LogP contribution in [0.3, 0.4) is 0 Å². The zero-order valence-corrected chi connectivity index (χ0v) is 13.4. The van der Waals surface area contributed by atoms with Crippen molar-refractivity contribution in [3.63, 3.8) is 0 Å². The predicted molar refractivity (Wildman–Crippen MR) is 76.9 cm³/mol. The molecule has 1 amide bonds. The second-order valence-corrected chi connectivity index (χ2v) is 6.27. The lowest BCUT2D eigenvalue weighted by Gasteiger charge is -2.23. The molecule has 1 aromatic rings. The van der Waals surface area contributed by atoms with E-state index in [1.54, 1.807) is 0 Å². The monoisotopic (exact) mass is 345 g/mol. The highest BCUT2D eigenvalue weighted by atomic mass is 79.9. The molecule has 0 radical (unpaired) electrons. The molecule has 0 aliphatic rings. The first kappa shape index (κ1) is 16.6. The summed E-state index contributed by atoms with van der Waals surface area (Å²) in [5.74, 6) is -1.71. The molecule has 0 unspecified atom stereocenters. The molecule has 0 fully saturated rings. The van der Waals surface area contributed by atoms with Gasteiger partial charge in [0.15, 0.2) is 6.10 Å². The molecular weight excluding hydrogens is 329 g/mol. The van der Waals surface area contributed by atoms with E-state index in [1.165, 1.54) is 19.1 Å². The maximum Gasteiger partial charge on any atom is 0.340 e. The zero-order chi connectivity index (χ0) is 15.5. The van der Waals surface area contributed by atoms with Gasteiger partial charge >= 0.3 is 5.97 Å². The summed E-state index contributed by atoms with van der Waals surface area (Å²) in [6, 6.07) is 3.68. The standard InChI is InChI=1S/C14H17BrFNO3/c1-8(12(18)17-14(2,3)4)20-13(19)10-7-9(16)5-6-11(10)15/h5-8H,1-4H3,(H,17,18)/t8-/m0/s1. The van der Waals surface area contributed by atoms with Gasteiger partial charge in [-0.1, -0.05) is 0 Å². The Labute approximate surface area is 125 Å². The van der Waals surface area contributed by atoms with Crippen LogP contribution in [0.1, 0.15) is 38.1 Å². The number of esters is 1. The SMILES string of the molecule is C[C@H](OC(=O)c1cc(F)ccc1Br)C(=O)NC(C)(C)C. The van der Waals surface area contributed by atoms with Gasteiger partial charge in [-0.25, -0.2) is 9.18 Å². The van der Waals surface area contributed by atoms with Crippen molar-refractivity contribution < 1.29 is 18.7 Å². The van der Waals surface area contributed by atoms with Gasteiger partial charge in [-0.05, 0) is 61.8 Å². The van der Waals surface area contributed by atoms with Gasteiger partial charge in [0.25, 0.3) is 5.91 Å². The molecule has 0 saturated carbocycles. The molecule has 0 aliphatic heterocycles. The third-order valence-corrected chi connectivity index (χ3v) is 2.99. The van der Waals surface area contributed by atoms with Crippen molar-refractivity contribution in [3.05, 3.63) is 34.1 Å². The highest BCUT2D eigenvalue weighted by Crippen LogP contribution is 2.19. The lowest BCUT2D eigenvalue weighted by atomic mass is 10.1. The van der Waals surface area contributed by atoms with Crippen LogP contribution >= 0.6 is 15.9 Å². The molecule has 1 aromatic carbocycles. The topological polar surface area (TPSA) is 55.4 Å². The van der Waals surface area contributed by atoms with Gasteiger partial charge in [-0.15, -0.1) is 0 Å². The number of benzene rings is 1. The van der Waals surface area contributed by atoms with Crippen molar-refractivity contribution in [1.82, 2.24) is 5.32 Å². The Morgan fingerprint density at radius 2 is 1.95 bits per heavy atom. The number of amides is 1. The molecule has 110 valence electrons. The largest absolute Gasteiger partial charge is 0.449 e. The van der Waals surface area contributed by atoms with E-state index in [4.69, 9.17) is 4.74 Å². The van der Waals surface area contributed by atoms with Crippen LogP contribution in [0, 0.1) is 5.82 Å². The number of carbonyl (C=O) groups is 2. The minimum atomic E-state index is -0.961. The van der Waals surface area contributed by atoms with E-state index in [0.717, 1.165) is 6.07 Å². The molecule has 0 heterocycles. The van der Waals surface area contributed by atoms with Gasteiger partial charge in [0.2, 0.25) is 0 Å². The molecule has 0 bridgehead atoms. The summed E-state index contributed by atoms with van der Waals surface area (Å²) in [5.41, 5.74) is -0.377. The smallest absolute Gasteiger partial charge is 0.340 e. The average Bonchev–Trinajstić information content (AvgIpc) is 2.29. The van der Waals surface area contributed by atoms with Crippen LogP contribution in [0.4, 0.5) is 4.39 Å². The first-order chi connectivity index (χ1) is 9.10. The number of hydrogen-bond acceptors (Lipinski definition) is 3. The van der Waals surface area contributed by atoms with Gasteiger partial charge < -0.3 is 10.1 Å². The van der Waals surface area contributed by atoms with Gasteiger partial charge in [0.05, 0.1) is 5.56 Å². The van der Waals surface area contributed by atoms with Crippen molar-refractivity contribution in [2.45, 2.75) is 39.3 Å². The fraction of sp³-hybridized carbons (Fsp3) is 0.429. The summed E-state index contributed by atoms with van der Waals surface area (Å²) < 4.78 is 18.6. The van der Waals surface area contributed by atoms with Crippen molar-refractivity contribution in [3.8, 4) is 0 Å². The lowest BCUT2D eigenvalue weighted by Crippen LogP contribution is -2.46. The van der Waals surface area contributed by atoms with E-state index < -0.39 is 29.3 Å². The number of halogens is 2. The zero-order valence-electron chi connectivity index (χ0n) is 11.8. The van der Waals surface area contributed by atoms with Crippen molar-refractivity contribution in [1.29, 1.82) is 0 Å². The molecule has 0 aromatic heterocycles. The molecular formula is C14H17BrFNO3. The minimum absolute atomic E-state index is 0.0420. The maximum absolute atomic E-state index is 13.1. The minimum Gasteiger partial charge on any atom is -0.449 e. The summed E-state index contributed by atoms with van der Waals surface area (Å²) in [5, 5.41) is 2.70. The van der Waals surface area contributed by atoms with Crippen LogP contribution < -0.4 is 5.32 Å². The summed E-state index contributed by atoms with van der Waals surface area (Å²) in [6.07, 6.45) is -0.961. The van der Waals surface area contributed by atoms with E-state index in [-0.39, 0.29) is 5.56 Å². The Kier molecular flexibility index (Phi) is 5.28. The summed E-state index contributed by atoms with van der Waals surface area (Å²) in [7, 11) is 0. The number of hydrogen-bond donors (Lipinski definition) is 1. The summed E-state index contributed by atoms with van der Waals surface area (Å²) in [4.78, 5) is 23.7. The van der Waals surface area contributed by atoms with E-state index >= 15 is 0 Å². The fourth-order valence-corrected chi connectivity index (χ4v) is 1.81. The number of rotatable bonds is 3. The Bertz CT molecular complexity index is 526. The molecule has 1 rings (SSSR count). The Balaban J connectivity index is 2.75. The maximum atomic E-state index is 13.1. The lowest BCUT2D eigenvalue weighted by molar-refractivity contribution is -0.130. The highest BCUT2D eigenvalue weighted by molar-refractivity contribution is 9.10. The third-order valence-electron chi connectivity index (χ3n) is 2.30. The van der Waals surface area contributed by atoms with Gasteiger partial charge in [-0.3, -0.25) is 4.79 Å². The third kappa shape index (κ3) is 4.92. The predicted octanol–water partition coefficient (Wildman–Crippen LogP) is 3.05. The number of nitrogens with one attached hydrogen (secondary N) is 1. The van der Waals surface area contributed by atoms with Crippen LogP contribution in [0.5, 0.6) is 0 Å². The summed E-state index contributed by atoms with van der Waals surface area (Å²) in [6.45, 7) is 6.93.